The van der Waals surface area contributed by atoms with E-state index in [0.717, 1.165) is 48.9 Å². The molecule has 0 amide bonds. The smallest absolute Gasteiger partial charge is 0.146 e. The van der Waals surface area contributed by atoms with Crippen molar-refractivity contribution in [3.63, 3.8) is 0 Å². The van der Waals surface area contributed by atoms with Gasteiger partial charge in [-0.15, -0.1) is 0 Å². The van der Waals surface area contributed by atoms with Gasteiger partial charge in [0.25, 0.3) is 0 Å². The van der Waals surface area contributed by atoms with Crippen molar-refractivity contribution in [1.29, 1.82) is 0 Å². The summed E-state index contributed by atoms with van der Waals surface area (Å²) < 4.78 is 0.950. The molecule has 0 aromatic carbocycles. The van der Waals surface area contributed by atoms with Gasteiger partial charge in [0, 0.05) is 34.7 Å². The number of nitrogens with one attached hydrogen (secondary N) is 1. The molecule has 0 spiro atoms. The maximum absolute atomic E-state index is 12.7. The Morgan fingerprint density at radius 3 is 2.95 bits per heavy atom. The molecule has 104 valence electrons. The standard InChI is InChI=1S/C15H21BrN2O/c1-2-6-15(7-3-8-17-11-15)14(19)9-13-5-4-12(16)10-18-13/h4-5,10,17H,2-3,6-9,11H2,1H3. The summed E-state index contributed by atoms with van der Waals surface area (Å²) >= 11 is 3.37. The molecule has 1 aliphatic heterocycles. The lowest BCUT2D eigenvalue weighted by Crippen LogP contribution is -2.46. The van der Waals surface area contributed by atoms with Gasteiger partial charge in [0.05, 0.1) is 0 Å². The molecule has 1 atom stereocenters. The first-order valence-electron chi connectivity index (χ1n) is 7.01. The highest BCUT2D eigenvalue weighted by molar-refractivity contribution is 9.10. The number of hydrogen-bond donors (Lipinski definition) is 1. The van der Waals surface area contributed by atoms with Gasteiger partial charge in [-0.1, -0.05) is 13.3 Å². The molecule has 0 bridgehead atoms. The first-order chi connectivity index (χ1) is 9.16. The molecule has 0 radical (unpaired) electrons. The number of ketones is 1. The van der Waals surface area contributed by atoms with Gasteiger partial charge in [0.1, 0.15) is 5.78 Å². The fraction of sp³-hybridized carbons (Fsp3) is 0.600. The number of rotatable bonds is 5. The van der Waals surface area contributed by atoms with Crippen LogP contribution in [0.3, 0.4) is 0 Å². The topological polar surface area (TPSA) is 42.0 Å². The molecule has 1 aromatic heterocycles. The SMILES string of the molecule is CCCC1(C(=O)Cc2ccc(Br)cn2)CCCNC1. The summed E-state index contributed by atoms with van der Waals surface area (Å²) in [4.78, 5) is 17.0. The van der Waals surface area contributed by atoms with Crippen molar-refractivity contribution in [2.75, 3.05) is 13.1 Å². The summed E-state index contributed by atoms with van der Waals surface area (Å²) in [6.07, 6.45) is 6.36. The van der Waals surface area contributed by atoms with Crippen molar-refractivity contribution in [2.24, 2.45) is 5.41 Å². The predicted molar refractivity (Wildman–Crippen MR) is 80.1 cm³/mol. The number of halogens is 1. The Morgan fingerprint density at radius 1 is 1.53 bits per heavy atom. The van der Waals surface area contributed by atoms with E-state index >= 15 is 0 Å². The van der Waals surface area contributed by atoms with Crippen LogP contribution in [0.15, 0.2) is 22.8 Å². The Labute approximate surface area is 123 Å². The minimum Gasteiger partial charge on any atom is -0.316 e. The van der Waals surface area contributed by atoms with E-state index in [9.17, 15) is 4.79 Å². The molecule has 3 nitrogen and oxygen atoms in total. The Bertz CT molecular complexity index is 419. The molecule has 1 saturated heterocycles. The van der Waals surface area contributed by atoms with Gasteiger partial charge in [0.2, 0.25) is 0 Å². The molecule has 2 rings (SSSR count). The quantitative estimate of drug-likeness (QED) is 0.904. The molecule has 1 unspecified atom stereocenters. The second-order valence-electron chi connectivity index (χ2n) is 5.38. The van der Waals surface area contributed by atoms with Crippen LogP contribution >= 0.6 is 15.9 Å². The van der Waals surface area contributed by atoms with E-state index < -0.39 is 0 Å². The average molecular weight is 325 g/mol. The summed E-state index contributed by atoms with van der Waals surface area (Å²) in [5.74, 6) is 0.344. The molecule has 2 heterocycles. The van der Waals surface area contributed by atoms with Gasteiger partial charge < -0.3 is 5.32 Å². The lowest BCUT2D eigenvalue weighted by atomic mass is 9.72. The number of Topliss-reactive ketones (excluding diaryl/α,β-unsaturated/α-hetero) is 1. The fourth-order valence-corrected chi connectivity index (χ4v) is 3.13. The van der Waals surface area contributed by atoms with Crippen LogP contribution in [0.25, 0.3) is 0 Å². The Morgan fingerprint density at radius 2 is 2.37 bits per heavy atom. The Kier molecular flexibility index (Phi) is 5.11. The molecule has 0 aliphatic carbocycles. The van der Waals surface area contributed by atoms with Gasteiger partial charge in [-0.2, -0.15) is 0 Å². The molecule has 0 saturated carbocycles. The van der Waals surface area contributed by atoms with E-state index in [2.05, 4.69) is 33.2 Å². The molecular formula is C15H21BrN2O. The summed E-state index contributed by atoms with van der Waals surface area (Å²) in [5.41, 5.74) is 0.705. The highest BCUT2D eigenvalue weighted by atomic mass is 79.9. The van der Waals surface area contributed by atoms with Crippen LogP contribution in [0.4, 0.5) is 0 Å². The van der Waals surface area contributed by atoms with Gasteiger partial charge >= 0.3 is 0 Å². The molecule has 1 aromatic rings. The van der Waals surface area contributed by atoms with Gasteiger partial charge in [-0.05, 0) is 53.9 Å². The van der Waals surface area contributed by atoms with Gasteiger partial charge in [-0.3, -0.25) is 9.78 Å². The van der Waals surface area contributed by atoms with E-state index in [1.165, 1.54) is 0 Å². The maximum Gasteiger partial charge on any atom is 0.146 e. The van der Waals surface area contributed by atoms with Crippen molar-refractivity contribution in [3.05, 3.63) is 28.5 Å². The third kappa shape index (κ3) is 3.63. The van der Waals surface area contributed by atoms with Crippen LogP contribution < -0.4 is 5.32 Å². The normalized spacial score (nSPS) is 23.3. The van der Waals surface area contributed by atoms with Crippen LogP contribution in [-0.2, 0) is 11.2 Å². The lowest BCUT2D eigenvalue weighted by molar-refractivity contribution is -0.129. The lowest BCUT2D eigenvalue weighted by Gasteiger charge is -2.36. The number of carbonyl (C=O) groups is 1. The minimum atomic E-state index is -0.165. The van der Waals surface area contributed by atoms with Crippen LogP contribution in [0, 0.1) is 5.41 Å². The number of piperidine rings is 1. The minimum absolute atomic E-state index is 0.165. The third-order valence-corrected chi connectivity index (χ3v) is 4.39. The van der Waals surface area contributed by atoms with E-state index in [1.54, 1.807) is 6.20 Å². The van der Waals surface area contributed by atoms with Crippen molar-refractivity contribution >= 4 is 21.7 Å². The third-order valence-electron chi connectivity index (χ3n) is 3.92. The molecule has 4 heteroatoms. The highest BCUT2D eigenvalue weighted by Crippen LogP contribution is 2.33. The zero-order chi connectivity index (χ0) is 13.7. The zero-order valence-corrected chi connectivity index (χ0v) is 13.0. The van der Waals surface area contributed by atoms with Crippen LogP contribution in [0.2, 0.25) is 0 Å². The maximum atomic E-state index is 12.7. The van der Waals surface area contributed by atoms with Crippen LogP contribution in [0.1, 0.15) is 38.3 Å². The van der Waals surface area contributed by atoms with E-state index in [-0.39, 0.29) is 5.41 Å². The molecule has 1 aliphatic rings. The second-order valence-corrected chi connectivity index (χ2v) is 6.29. The van der Waals surface area contributed by atoms with Crippen LogP contribution in [-0.4, -0.2) is 23.9 Å². The fourth-order valence-electron chi connectivity index (χ4n) is 2.90. The number of carbonyl (C=O) groups excluding carboxylic acids is 1. The largest absolute Gasteiger partial charge is 0.316 e. The van der Waals surface area contributed by atoms with Crippen molar-refractivity contribution in [1.82, 2.24) is 10.3 Å². The highest BCUT2D eigenvalue weighted by Gasteiger charge is 2.38. The van der Waals surface area contributed by atoms with Crippen molar-refractivity contribution in [3.8, 4) is 0 Å². The molecule has 19 heavy (non-hydrogen) atoms. The summed E-state index contributed by atoms with van der Waals surface area (Å²) in [7, 11) is 0. The van der Waals surface area contributed by atoms with E-state index in [1.807, 2.05) is 12.1 Å². The van der Waals surface area contributed by atoms with Crippen molar-refractivity contribution < 1.29 is 4.79 Å². The number of nitrogens with zero attached hydrogens (tertiary/aromatic N) is 1. The first kappa shape index (κ1) is 14.7. The summed E-state index contributed by atoms with van der Waals surface area (Å²) in [5, 5.41) is 3.39. The monoisotopic (exact) mass is 324 g/mol. The van der Waals surface area contributed by atoms with Crippen molar-refractivity contribution in [2.45, 2.75) is 39.0 Å². The zero-order valence-electron chi connectivity index (χ0n) is 11.4. The predicted octanol–water partition coefficient (Wildman–Crippen LogP) is 3.13. The van der Waals surface area contributed by atoms with Gasteiger partial charge in [0.15, 0.2) is 0 Å². The summed E-state index contributed by atoms with van der Waals surface area (Å²) in [6, 6.07) is 3.87. The second kappa shape index (κ2) is 6.62. The Hall–Kier alpha value is -0.740. The first-order valence-corrected chi connectivity index (χ1v) is 7.80. The number of aromatic nitrogens is 1. The molecule has 1 N–H and O–H groups in total. The average Bonchev–Trinajstić information content (AvgIpc) is 2.43. The summed E-state index contributed by atoms with van der Waals surface area (Å²) in [6.45, 7) is 4.02. The van der Waals surface area contributed by atoms with Gasteiger partial charge in [-0.25, -0.2) is 0 Å². The number of hydrogen-bond acceptors (Lipinski definition) is 3. The molecular weight excluding hydrogens is 304 g/mol. The molecule has 1 fully saturated rings. The van der Waals surface area contributed by atoms with Crippen LogP contribution in [0.5, 0.6) is 0 Å². The number of pyridine rings is 1. The van der Waals surface area contributed by atoms with E-state index in [0.29, 0.717) is 12.2 Å². The Balaban J connectivity index is 2.09. The van der Waals surface area contributed by atoms with E-state index in [4.69, 9.17) is 0 Å².